The van der Waals surface area contributed by atoms with Gasteiger partial charge in [0, 0.05) is 6.54 Å². The largest absolute Gasteiger partial charge is 0.376 e. The van der Waals surface area contributed by atoms with Gasteiger partial charge in [-0.1, -0.05) is 24.3 Å². The maximum Gasteiger partial charge on any atom is 0.146 e. The Hall–Kier alpha value is -1.94. The van der Waals surface area contributed by atoms with Gasteiger partial charge in [0.1, 0.15) is 11.6 Å². The molecule has 0 radical (unpaired) electrons. The van der Waals surface area contributed by atoms with Crippen molar-refractivity contribution in [2.24, 2.45) is 5.73 Å². The number of nitrogens with one attached hydrogen (secondary N) is 1. The van der Waals surface area contributed by atoms with Crippen molar-refractivity contribution in [1.29, 1.82) is 0 Å². The number of anilines is 1. The van der Waals surface area contributed by atoms with E-state index in [9.17, 15) is 8.78 Å². The first kappa shape index (κ1) is 14.5. The van der Waals surface area contributed by atoms with E-state index in [-0.39, 0.29) is 11.6 Å². The number of rotatable bonds is 5. The van der Waals surface area contributed by atoms with Gasteiger partial charge in [-0.05, 0) is 43.2 Å². The molecule has 20 heavy (non-hydrogen) atoms. The minimum atomic E-state index is -0.546. The molecule has 2 nitrogen and oxygen atoms in total. The van der Waals surface area contributed by atoms with Gasteiger partial charge in [0.25, 0.3) is 0 Å². The van der Waals surface area contributed by atoms with Crippen LogP contribution in [0.5, 0.6) is 0 Å². The van der Waals surface area contributed by atoms with E-state index in [0.29, 0.717) is 18.7 Å². The Morgan fingerprint density at radius 2 is 1.85 bits per heavy atom. The van der Waals surface area contributed by atoms with E-state index in [1.54, 1.807) is 24.3 Å². The SMILES string of the molecule is CC(CN)(Cc1cccc(F)c1)Nc1ccccc1F. The third kappa shape index (κ3) is 3.54. The molecule has 0 fully saturated rings. The molecule has 4 heteroatoms. The molecule has 0 aromatic heterocycles. The normalized spacial score (nSPS) is 13.8. The Bertz CT molecular complexity index is 586. The molecule has 1 atom stereocenters. The molecular formula is C16H18F2N2. The smallest absolute Gasteiger partial charge is 0.146 e. The van der Waals surface area contributed by atoms with Gasteiger partial charge in [0.2, 0.25) is 0 Å². The molecule has 3 N–H and O–H groups in total. The molecule has 0 saturated carbocycles. The van der Waals surface area contributed by atoms with E-state index >= 15 is 0 Å². The van der Waals surface area contributed by atoms with Gasteiger partial charge < -0.3 is 11.1 Å². The van der Waals surface area contributed by atoms with Crippen LogP contribution < -0.4 is 11.1 Å². The fourth-order valence-electron chi connectivity index (χ4n) is 2.15. The minimum Gasteiger partial charge on any atom is -0.376 e. The van der Waals surface area contributed by atoms with Gasteiger partial charge in [-0.25, -0.2) is 8.78 Å². The van der Waals surface area contributed by atoms with Gasteiger partial charge in [0.15, 0.2) is 0 Å². The summed E-state index contributed by atoms with van der Waals surface area (Å²) in [5.41, 5.74) is 6.49. The lowest BCUT2D eigenvalue weighted by molar-refractivity contribution is 0.511. The van der Waals surface area contributed by atoms with E-state index in [1.165, 1.54) is 18.2 Å². The fourth-order valence-corrected chi connectivity index (χ4v) is 2.15. The summed E-state index contributed by atoms with van der Waals surface area (Å²) in [6, 6.07) is 12.8. The second-order valence-corrected chi connectivity index (χ2v) is 5.18. The summed E-state index contributed by atoms with van der Waals surface area (Å²) in [6.07, 6.45) is 0.510. The molecule has 2 aromatic carbocycles. The predicted molar refractivity (Wildman–Crippen MR) is 77.6 cm³/mol. The van der Waals surface area contributed by atoms with Gasteiger partial charge >= 0.3 is 0 Å². The highest BCUT2D eigenvalue weighted by Gasteiger charge is 2.24. The van der Waals surface area contributed by atoms with Crippen molar-refractivity contribution in [2.45, 2.75) is 18.9 Å². The highest BCUT2D eigenvalue weighted by Crippen LogP contribution is 2.21. The lowest BCUT2D eigenvalue weighted by Gasteiger charge is -2.31. The molecule has 0 aliphatic rings. The van der Waals surface area contributed by atoms with Crippen LogP contribution in [0.1, 0.15) is 12.5 Å². The second-order valence-electron chi connectivity index (χ2n) is 5.18. The van der Waals surface area contributed by atoms with Crippen molar-refractivity contribution in [3.8, 4) is 0 Å². The molecule has 0 heterocycles. The lowest BCUT2D eigenvalue weighted by atomic mass is 9.92. The zero-order valence-electron chi connectivity index (χ0n) is 11.4. The Kier molecular flexibility index (Phi) is 4.35. The van der Waals surface area contributed by atoms with Crippen molar-refractivity contribution < 1.29 is 8.78 Å². The van der Waals surface area contributed by atoms with Crippen molar-refractivity contribution >= 4 is 5.69 Å². The summed E-state index contributed by atoms with van der Waals surface area (Å²) >= 11 is 0. The topological polar surface area (TPSA) is 38.0 Å². The summed E-state index contributed by atoms with van der Waals surface area (Å²) in [6.45, 7) is 2.20. The first-order chi connectivity index (χ1) is 9.52. The van der Waals surface area contributed by atoms with Crippen LogP contribution in [0.3, 0.4) is 0 Å². The van der Waals surface area contributed by atoms with Crippen LogP contribution in [0.4, 0.5) is 14.5 Å². The first-order valence-electron chi connectivity index (χ1n) is 6.50. The average Bonchev–Trinajstić information content (AvgIpc) is 2.41. The van der Waals surface area contributed by atoms with E-state index in [1.807, 2.05) is 13.0 Å². The third-order valence-corrected chi connectivity index (χ3v) is 3.24. The molecule has 0 aliphatic carbocycles. The Balaban J connectivity index is 2.19. The van der Waals surface area contributed by atoms with Crippen molar-refractivity contribution in [2.75, 3.05) is 11.9 Å². The predicted octanol–water partition coefficient (Wildman–Crippen LogP) is 3.34. The number of nitrogens with two attached hydrogens (primary N) is 1. The molecule has 0 spiro atoms. The zero-order valence-corrected chi connectivity index (χ0v) is 11.4. The van der Waals surface area contributed by atoms with Gasteiger partial charge in [-0.15, -0.1) is 0 Å². The minimum absolute atomic E-state index is 0.284. The molecule has 2 aromatic rings. The van der Waals surface area contributed by atoms with Crippen molar-refractivity contribution in [1.82, 2.24) is 0 Å². The molecule has 0 aliphatic heterocycles. The van der Waals surface area contributed by atoms with E-state index in [4.69, 9.17) is 5.73 Å². The molecule has 106 valence electrons. The maximum absolute atomic E-state index is 13.7. The van der Waals surface area contributed by atoms with Crippen LogP contribution in [0.15, 0.2) is 48.5 Å². The number of hydrogen-bond donors (Lipinski definition) is 2. The van der Waals surface area contributed by atoms with Gasteiger partial charge in [-0.2, -0.15) is 0 Å². The summed E-state index contributed by atoms with van der Waals surface area (Å²) in [4.78, 5) is 0. The van der Waals surface area contributed by atoms with E-state index in [0.717, 1.165) is 5.56 Å². The molecular weight excluding hydrogens is 258 g/mol. The number of hydrogen-bond acceptors (Lipinski definition) is 2. The molecule has 0 amide bonds. The van der Waals surface area contributed by atoms with Crippen LogP contribution in [-0.2, 0) is 6.42 Å². The summed E-state index contributed by atoms with van der Waals surface area (Å²) in [5, 5.41) is 3.12. The number of benzene rings is 2. The van der Waals surface area contributed by atoms with Crippen LogP contribution in [0, 0.1) is 11.6 Å². The number of halogens is 2. The second kappa shape index (κ2) is 6.01. The average molecular weight is 276 g/mol. The van der Waals surface area contributed by atoms with E-state index < -0.39 is 5.54 Å². The zero-order chi connectivity index (χ0) is 14.6. The van der Waals surface area contributed by atoms with Gasteiger partial charge in [0.05, 0.1) is 11.2 Å². The van der Waals surface area contributed by atoms with Crippen molar-refractivity contribution in [3.63, 3.8) is 0 Å². The van der Waals surface area contributed by atoms with Gasteiger partial charge in [-0.3, -0.25) is 0 Å². The lowest BCUT2D eigenvalue weighted by Crippen LogP contribution is -2.44. The Morgan fingerprint density at radius 3 is 2.50 bits per heavy atom. The third-order valence-electron chi connectivity index (χ3n) is 3.24. The monoisotopic (exact) mass is 276 g/mol. The Labute approximate surface area is 117 Å². The quantitative estimate of drug-likeness (QED) is 0.879. The number of para-hydroxylation sites is 1. The molecule has 2 rings (SSSR count). The first-order valence-corrected chi connectivity index (χ1v) is 6.50. The maximum atomic E-state index is 13.7. The highest BCUT2D eigenvalue weighted by atomic mass is 19.1. The van der Waals surface area contributed by atoms with Crippen molar-refractivity contribution in [3.05, 3.63) is 65.7 Å². The molecule has 0 saturated heterocycles. The summed E-state index contributed by atoms with van der Waals surface area (Å²) < 4.78 is 26.9. The summed E-state index contributed by atoms with van der Waals surface area (Å²) in [5.74, 6) is -0.612. The fraction of sp³-hybridized carbons (Fsp3) is 0.250. The highest BCUT2D eigenvalue weighted by molar-refractivity contribution is 5.47. The van der Waals surface area contributed by atoms with Crippen LogP contribution >= 0.6 is 0 Å². The molecule has 1 unspecified atom stereocenters. The summed E-state index contributed by atoms with van der Waals surface area (Å²) in [7, 11) is 0. The van der Waals surface area contributed by atoms with Crippen LogP contribution in [0.2, 0.25) is 0 Å². The molecule has 0 bridgehead atoms. The Morgan fingerprint density at radius 1 is 1.10 bits per heavy atom. The van der Waals surface area contributed by atoms with Crippen LogP contribution in [0.25, 0.3) is 0 Å². The van der Waals surface area contributed by atoms with Crippen LogP contribution in [-0.4, -0.2) is 12.1 Å². The van der Waals surface area contributed by atoms with E-state index in [2.05, 4.69) is 5.32 Å². The standard InChI is InChI=1S/C16H18F2N2/c1-16(11-19,10-12-5-4-6-13(17)9-12)20-15-8-3-2-7-14(15)18/h2-9,20H,10-11,19H2,1H3.